The van der Waals surface area contributed by atoms with E-state index in [1.165, 1.54) is 12.5 Å². The van der Waals surface area contributed by atoms with Crippen LogP contribution in [-0.2, 0) is 6.54 Å². The fourth-order valence-corrected chi connectivity index (χ4v) is 2.00. The molecule has 3 N–H and O–H groups in total. The molecular formula is C15H14N6O. The van der Waals surface area contributed by atoms with Crippen LogP contribution >= 0.6 is 0 Å². The van der Waals surface area contributed by atoms with E-state index in [4.69, 9.17) is 5.73 Å². The molecule has 0 radical (unpaired) electrons. The summed E-state index contributed by atoms with van der Waals surface area (Å²) in [6.45, 7) is 0.632. The summed E-state index contributed by atoms with van der Waals surface area (Å²) >= 11 is 0. The van der Waals surface area contributed by atoms with Gasteiger partial charge >= 0.3 is 0 Å². The van der Waals surface area contributed by atoms with Crippen molar-refractivity contribution in [2.45, 2.75) is 6.54 Å². The summed E-state index contributed by atoms with van der Waals surface area (Å²) in [5.74, 6) is -0.221. The molecule has 0 aliphatic carbocycles. The first-order chi connectivity index (χ1) is 10.7. The van der Waals surface area contributed by atoms with E-state index in [-0.39, 0.29) is 17.3 Å². The zero-order valence-corrected chi connectivity index (χ0v) is 11.7. The second-order valence-electron chi connectivity index (χ2n) is 4.69. The number of nitrogens with one attached hydrogen (secondary N) is 1. The molecule has 7 nitrogen and oxygen atoms in total. The average Bonchev–Trinajstić information content (AvgIpc) is 2.95. The number of hydrogen-bond acceptors (Lipinski definition) is 5. The van der Waals surface area contributed by atoms with E-state index in [1.54, 1.807) is 17.1 Å². The van der Waals surface area contributed by atoms with Crippen molar-refractivity contribution in [1.29, 1.82) is 0 Å². The van der Waals surface area contributed by atoms with Crippen LogP contribution in [0, 0.1) is 0 Å². The fraction of sp³-hybridized carbons (Fsp3) is 0.0667. The third kappa shape index (κ3) is 3.09. The lowest BCUT2D eigenvalue weighted by molar-refractivity contribution is 0.102. The molecule has 22 heavy (non-hydrogen) atoms. The predicted molar refractivity (Wildman–Crippen MR) is 82.2 cm³/mol. The molecule has 0 aliphatic rings. The third-order valence-corrected chi connectivity index (χ3v) is 3.07. The van der Waals surface area contributed by atoms with E-state index in [0.717, 1.165) is 5.56 Å². The van der Waals surface area contributed by atoms with E-state index in [1.807, 2.05) is 30.3 Å². The van der Waals surface area contributed by atoms with Gasteiger partial charge in [0.1, 0.15) is 17.7 Å². The fourth-order valence-electron chi connectivity index (χ4n) is 2.00. The van der Waals surface area contributed by atoms with Crippen molar-refractivity contribution in [3.8, 4) is 0 Å². The van der Waals surface area contributed by atoms with Crippen LogP contribution in [0.3, 0.4) is 0 Å². The summed E-state index contributed by atoms with van der Waals surface area (Å²) in [6.07, 6.45) is 6.02. The number of carbonyl (C=O) groups excluding carboxylic acids is 1. The maximum atomic E-state index is 12.1. The molecule has 1 aromatic carbocycles. The second kappa shape index (κ2) is 6.04. The lowest BCUT2D eigenvalue weighted by atomic mass is 10.2. The normalized spacial score (nSPS) is 10.4. The smallest absolute Gasteiger partial charge is 0.261 e. The van der Waals surface area contributed by atoms with Gasteiger partial charge in [0.05, 0.1) is 18.4 Å². The quantitative estimate of drug-likeness (QED) is 0.760. The van der Waals surface area contributed by atoms with Crippen LogP contribution in [0.1, 0.15) is 15.9 Å². The number of hydrogen-bond donors (Lipinski definition) is 2. The third-order valence-electron chi connectivity index (χ3n) is 3.07. The first-order valence-corrected chi connectivity index (χ1v) is 6.65. The Morgan fingerprint density at radius 2 is 2.05 bits per heavy atom. The van der Waals surface area contributed by atoms with Gasteiger partial charge in [0, 0.05) is 12.4 Å². The summed E-state index contributed by atoms with van der Waals surface area (Å²) in [5, 5.41) is 6.94. The molecule has 0 saturated heterocycles. The monoisotopic (exact) mass is 294 g/mol. The molecule has 2 aromatic heterocycles. The van der Waals surface area contributed by atoms with Gasteiger partial charge in [-0.3, -0.25) is 9.48 Å². The number of amides is 1. The molecular weight excluding hydrogens is 280 g/mol. The van der Waals surface area contributed by atoms with Crippen LogP contribution in [0.2, 0.25) is 0 Å². The van der Waals surface area contributed by atoms with Gasteiger partial charge in [0.2, 0.25) is 0 Å². The zero-order chi connectivity index (χ0) is 15.4. The van der Waals surface area contributed by atoms with Gasteiger partial charge in [0.15, 0.2) is 0 Å². The van der Waals surface area contributed by atoms with Crippen molar-refractivity contribution >= 4 is 17.4 Å². The molecule has 0 aliphatic heterocycles. The van der Waals surface area contributed by atoms with Crippen LogP contribution in [0.25, 0.3) is 0 Å². The molecule has 2 heterocycles. The molecule has 0 bridgehead atoms. The molecule has 0 atom stereocenters. The number of nitrogens with zero attached hydrogens (tertiary/aromatic N) is 4. The largest absolute Gasteiger partial charge is 0.383 e. The topological polar surface area (TPSA) is 98.7 Å². The zero-order valence-electron chi connectivity index (χ0n) is 11.7. The highest BCUT2D eigenvalue weighted by atomic mass is 16.1. The van der Waals surface area contributed by atoms with E-state index in [0.29, 0.717) is 12.2 Å². The van der Waals surface area contributed by atoms with Gasteiger partial charge in [-0.25, -0.2) is 9.97 Å². The predicted octanol–water partition coefficient (Wildman–Crippen LogP) is 1.56. The first-order valence-electron chi connectivity index (χ1n) is 6.65. The summed E-state index contributed by atoms with van der Waals surface area (Å²) in [6, 6.07) is 9.94. The number of rotatable bonds is 4. The summed E-state index contributed by atoms with van der Waals surface area (Å²) in [7, 11) is 0. The van der Waals surface area contributed by atoms with Crippen molar-refractivity contribution in [3.63, 3.8) is 0 Å². The number of benzene rings is 1. The highest BCUT2D eigenvalue weighted by molar-refractivity contribution is 6.06. The molecule has 1 amide bonds. The SMILES string of the molecule is Nc1ncncc1C(=O)Nc1cnn(Cc2ccccc2)c1. The van der Waals surface area contributed by atoms with E-state index in [2.05, 4.69) is 20.4 Å². The Kier molecular flexibility index (Phi) is 3.78. The van der Waals surface area contributed by atoms with Gasteiger partial charge in [0.25, 0.3) is 5.91 Å². The summed E-state index contributed by atoms with van der Waals surface area (Å²) < 4.78 is 1.75. The van der Waals surface area contributed by atoms with Crippen LogP contribution in [-0.4, -0.2) is 25.7 Å². The van der Waals surface area contributed by atoms with Crippen molar-refractivity contribution in [1.82, 2.24) is 19.7 Å². The van der Waals surface area contributed by atoms with Gasteiger partial charge in [-0.2, -0.15) is 5.10 Å². The maximum absolute atomic E-state index is 12.1. The van der Waals surface area contributed by atoms with Gasteiger partial charge in [-0.1, -0.05) is 30.3 Å². The first kappa shape index (κ1) is 13.7. The standard InChI is InChI=1S/C15H14N6O/c16-14-13(7-17-10-18-14)15(22)20-12-6-19-21(9-12)8-11-4-2-1-3-5-11/h1-7,9-10H,8H2,(H,20,22)(H2,16,17,18). The van der Waals surface area contributed by atoms with Crippen LogP contribution in [0.4, 0.5) is 11.5 Å². The highest BCUT2D eigenvalue weighted by Gasteiger charge is 2.12. The number of anilines is 2. The molecule has 0 spiro atoms. The minimum Gasteiger partial charge on any atom is -0.383 e. The Hall–Kier alpha value is -3.22. The Balaban J connectivity index is 1.69. The Morgan fingerprint density at radius 3 is 2.82 bits per heavy atom. The van der Waals surface area contributed by atoms with Crippen LogP contribution in [0.5, 0.6) is 0 Å². The van der Waals surface area contributed by atoms with Crippen molar-refractivity contribution in [3.05, 3.63) is 66.4 Å². The minimum atomic E-state index is -0.364. The Labute approximate surface area is 126 Å². The lowest BCUT2D eigenvalue weighted by Gasteiger charge is -2.04. The number of aromatic nitrogens is 4. The van der Waals surface area contributed by atoms with Gasteiger partial charge in [-0.15, -0.1) is 0 Å². The summed E-state index contributed by atoms with van der Waals surface area (Å²) in [5.41, 5.74) is 7.60. The summed E-state index contributed by atoms with van der Waals surface area (Å²) in [4.78, 5) is 19.7. The second-order valence-corrected chi connectivity index (χ2v) is 4.69. The number of nitrogens with two attached hydrogens (primary N) is 1. The number of carbonyl (C=O) groups is 1. The van der Waals surface area contributed by atoms with E-state index in [9.17, 15) is 4.79 Å². The maximum Gasteiger partial charge on any atom is 0.261 e. The van der Waals surface area contributed by atoms with Crippen LogP contribution in [0.15, 0.2) is 55.2 Å². The molecule has 3 rings (SSSR count). The minimum absolute atomic E-state index is 0.143. The van der Waals surface area contributed by atoms with Crippen molar-refractivity contribution in [2.24, 2.45) is 0 Å². The Morgan fingerprint density at radius 1 is 1.23 bits per heavy atom. The van der Waals surface area contributed by atoms with Gasteiger partial charge < -0.3 is 11.1 Å². The van der Waals surface area contributed by atoms with Crippen molar-refractivity contribution < 1.29 is 4.79 Å². The van der Waals surface area contributed by atoms with Crippen LogP contribution < -0.4 is 11.1 Å². The highest BCUT2D eigenvalue weighted by Crippen LogP contribution is 2.12. The molecule has 0 saturated carbocycles. The molecule has 110 valence electrons. The number of nitrogen functional groups attached to an aromatic ring is 1. The van der Waals surface area contributed by atoms with E-state index < -0.39 is 0 Å². The molecule has 3 aromatic rings. The molecule has 7 heteroatoms. The van der Waals surface area contributed by atoms with Gasteiger partial charge in [-0.05, 0) is 5.56 Å². The molecule has 0 unspecified atom stereocenters. The molecule has 0 fully saturated rings. The van der Waals surface area contributed by atoms with Crippen molar-refractivity contribution in [2.75, 3.05) is 11.1 Å². The lowest BCUT2D eigenvalue weighted by Crippen LogP contribution is -2.14. The Bertz CT molecular complexity index is 783. The average molecular weight is 294 g/mol. The van der Waals surface area contributed by atoms with E-state index >= 15 is 0 Å².